The van der Waals surface area contributed by atoms with E-state index in [-0.39, 0.29) is 23.3 Å². The Bertz CT molecular complexity index is 763. The number of carbonyl (C=O) groups excluding carboxylic acids is 1. The van der Waals surface area contributed by atoms with Crippen LogP contribution in [0.1, 0.15) is 69.7 Å². The smallest absolute Gasteiger partial charge is 0.306 e. The molecule has 1 amide bonds. The van der Waals surface area contributed by atoms with Gasteiger partial charge in [-0.25, -0.2) is 0 Å². The topological polar surface area (TPSA) is 66.8 Å². The van der Waals surface area contributed by atoms with Gasteiger partial charge in [-0.2, -0.15) is 0 Å². The number of ether oxygens (including phenoxy) is 1. The average molecular weight is 386 g/mol. The van der Waals surface area contributed by atoms with Crippen molar-refractivity contribution in [2.75, 3.05) is 6.54 Å². The maximum atomic E-state index is 13.0. The van der Waals surface area contributed by atoms with Crippen molar-refractivity contribution in [1.29, 1.82) is 0 Å². The Morgan fingerprint density at radius 3 is 2.29 bits per heavy atom. The quantitative estimate of drug-likeness (QED) is 0.836. The SMILES string of the molecule is CC1(C)CC2N(C(=O)c3ccc(OC4CCC(C(=O)O)CC4)cc3)CC2(C)C1. The van der Waals surface area contributed by atoms with Crippen molar-refractivity contribution < 1.29 is 19.4 Å². The fourth-order valence-electron chi connectivity index (χ4n) is 5.76. The number of rotatable bonds is 4. The molecule has 2 unspecified atom stereocenters. The number of aliphatic carboxylic acids is 1. The molecule has 1 heterocycles. The van der Waals surface area contributed by atoms with Gasteiger partial charge in [0, 0.05) is 23.6 Å². The third-order valence-electron chi connectivity index (χ3n) is 7.03. The van der Waals surface area contributed by atoms with Crippen LogP contribution in [0.4, 0.5) is 0 Å². The molecule has 0 bridgehead atoms. The molecule has 2 aliphatic carbocycles. The van der Waals surface area contributed by atoms with Crippen LogP contribution in [0.2, 0.25) is 0 Å². The van der Waals surface area contributed by atoms with E-state index >= 15 is 0 Å². The van der Waals surface area contributed by atoms with E-state index in [1.54, 1.807) is 0 Å². The van der Waals surface area contributed by atoms with Gasteiger partial charge in [-0.15, -0.1) is 0 Å². The molecule has 0 spiro atoms. The van der Waals surface area contributed by atoms with Gasteiger partial charge < -0.3 is 14.7 Å². The second-order valence-electron chi connectivity index (χ2n) is 10.1. The largest absolute Gasteiger partial charge is 0.490 e. The molecule has 152 valence electrons. The lowest BCUT2D eigenvalue weighted by atomic mass is 9.74. The molecule has 0 radical (unpaired) electrons. The molecule has 2 atom stereocenters. The van der Waals surface area contributed by atoms with Crippen molar-refractivity contribution in [1.82, 2.24) is 4.90 Å². The van der Waals surface area contributed by atoms with Gasteiger partial charge in [0.05, 0.1) is 12.0 Å². The second-order valence-corrected chi connectivity index (χ2v) is 10.1. The van der Waals surface area contributed by atoms with E-state index in [2.05, 4.69) is 20.8 Å². The summed E-state index contributed by atoms with van der Waals surface area (Å²) in [5, 5.41) is 9.09. The summed E-state index contributed by atoms with van der Waals surface area (Å²) in [4.78, 5) is 26.0. The first-order valence-electron chi connectivity index (χ1n) is 10.5. The van der Waals surface area contributed by atoms with E-state index in [0.29, 0.717) is 29.9 Å². The zero-order valence-electron chi connectivity index (χ0n) is 17.1. The second kappa shape index (κ2) is 6.78. The number of nitrogens with zero attached hydrogens (tertiary/aromatic N) is 1. The molecule has 1 N–H and O–H groups in total. The summed E-state index contributed by atoms with van der Waals surface area (Å²) in [6.45, 7) is 7.77. The third-order valence-corrected chi connectivity index (χ3v) is 7.03. The van der Waals surface area contributed by atoms with Crippen molar-refractivity contribution in [3.8, 4) is 5.75 Å². The highest BCUT2D eigenvalue weighted by molar-refractivity contribution is 5.95. The number of amides is 1. The summed E-state index contributed by atoms with van der Waals surface area (Å²) in [6, 6.07) is 7.81. The lowest BCUT2D eigenvalue weighted by Crippen LogP contribution is -2.62. The van der Waals surface area contributed by atoms with E-state index in [1.807, 2.05) is 29.2 Å². The Labute approximate surface area is 167 Å². The maximum absolute atomic E-state index is 13.0. The number of fused-ring (bicyclic) bond motifs is 1. The number of hydrogen-bond donors (Lipinski definition) is 1. The highest BCUT2D eigenvalue weighted by Gasteiger charge is 2.59. The van der Waals surface area contributed by atoms with Crippen molar-refractivity contribution in [2.24, 2.45) is 16.7 Å². The molecule has 1 aromatic carbocycles. The summed E-state index contributed by atoms with van der Waals surface area (Å²) >= 11 is 0. The van der Waals surface area contributed by atoms with Crippen molar-refractivity contribution in [3.05, 3.63) is 29.8 Å². The van der Waals surface area contributed by atoms with Crippen molar-refractivity contribution in [3.63, 3.8) is 0 Å². The van der Waals surface area contributed by atoms with Crippen LogP contribution in [-0.4, -0.2) is 40.6 Å². The van der Waals surface area contributed by atoms with E-state index < -0.39 is 5.97 Å². The average Bonchev–Trinajstić information content (AvgIpc) is 2.82. The van der Waals surface area contributed by atoms with Gasteiger partial charge in [0.25, 0.3) is 5.91 Å². The Morgan fingerprint density at radius 1 is 1.07 bits per heavy atom. The minimum atomic E-state index is -0.700. The lowest BCUT2D eigenvalue weighted by molar-refractivity contribution is -0.143. The first kappa shape index (κ1) is 19.3. The number of carboxylic acids is 1. The molecule has 4 rings (SSSR count). The molecule has 0 aromatic heterocycles. The molecule has 3 aliphatic rings. The van der Waals surface area contributed by atoms with Crippen molar-refractivity contribution in [2.45, 2.75) is 71.4 Å². The van der Waals surface area contributed by atoms with E-state index in [4.69, 9.17) is 9.84 Å². The standard InChI is InChI=1S/C23H31NO4/c1-22(2)12-19-23(3,13-22)14-24(19)20(25)15-4-8-17(9-5-15)28-18-10-6-16(7-11-18)21(26)27/h4-5,8-9,16,18-19H,6-7,10-14H2,1-3H3,(H,26,27). The summed E-state index contributed by atoms with van der Waals surface area (Å²) in [7, 11) is 0. The summed E-state index contributed by atoms with van der Waals surface area (Å²) in [6.07, 6.45) is 5.20. The maximum Gasteiger partial charge on any atom is 0.306 e. The predicted octanol–water partition coefficient (Wildman–Crippen LogP) is 4.36. The number of likely N-dealkylation sites (tertiary alicyclic amines) is 1. The fraction of sp³-hybridized carbons (Fsp3) is 0.652. The van der Waals surface area contributed by atoms with Crippen LogP contribution in [0.15, 0.2) is 24.3 Å². The number of carboxylic acid groups (broad SMARTS) is 1. The molecule has 5 nitrogen and oxygen atoms in total. The number of carbonyl (C=O) groups is 2. The first-order valence-corrected chi connectivity index (χ1v) is 10.5. The van der Waals surface area contributed by atoms with Gasteiger partial charge in [0.1, 0.15) is 5.75 Å². The van der Waals surface area contributed by atoms with Gasteiger partial charge in [-0.3, -0.25) is 9.59 Å². The summed E-state index contributed by atoms with van der Waals surface area (Å²) < 4.78 is 6.01. The van der Waals surface area contributed by atoms with Crippen LogP contribution in [0.3, 0.4) is 0 Å². The molecular formula is C23H31NO4. The van der Waals surface area contributed by atoms with Crippen LogP contribution in [-0.2, 0) is 4.79 Å². The predicted molar refractivity (Wildman–Crippen MR) is 106 cm³/mol. The molecule has 1 aliphatic heterocycles. The van der Waals surface area contributed by atoms with Crippen LogP contribution < -0.4 is 4.74 Å². The number of hydrogen-bond acceptors (Lipinski definition) is 3. The van der Waals surface area contributed by atoms with Crippen LogP contribution in [0, 0.1) is 16.7 Å². The van der Waals surface area contributed by atoms with E-state index in [9.17, 15) is 9.59 Å². The minimum Gasteiger partial charge on any atom is -0.490 e. The Balaban J connectivity index is 1.34. The molecule has 2 saturated carbocycles. The van der Waals surface area contributed by atoms with E-state index in [0.717, 1.165) is 31.6 Å². The minimum absolute atomic E-state index is 0.0639. The van der Waals surface area contributed by atoms with Gasteiger partial charge in [0.2, 0.25) is 0 Å². The van der Waals surface area contributed by atoms with Gasteiger partial charge in [-0.1, -0.05) is 20.8 Å². The fourth-order valence-corrected chi connectivity index (χ4v) is 5.76. The van der Waals surface area contributed by atoms with Crippen LogP contribution in [0.5, 0.6) is 5.75 Å². The Morgan fingerprint density at radius 2 is 1.71 bits per heavy atom. The monoisotopic (exact) mass is 385 g/mol. The number of benzene rings is 1. The summed E-state index contributed by atoms with van der Waals surface area (Å²) in [5.41, 5.74) is 1.30. The lowest BCUT2D eigenvalue weighted by Gasteiger charge is -2.52. The molecular weight excluding hydrogens is 354 g/mol. The Kier molecular flexibility index (Phi) is 4.67. The molecule has 1 saturated heterocycles. The van der Waals surface area contributed by atoms with Gasteiger partial charge >= 0.3 is 5.97 Å². The molecule has 5 heteroatoms. The molecule has 3 fully saturated rings. The van der Waals surface area contributed by atoms with Gasteiger partial charge in [-0.05, 0) is 68.2 Å². The normalized spacial score (nSPS) is 33.7. The first-order chi connectivity index (χ1) is 13.2. The van der Waals surface area contributed by atoms with Gasteiger partial charge in [0.15, 0.2) is 0 Å². The Hall–Kier alpha value is -2.04. The van der Waals surface area contributed by atoms with Crippen LogP contribution in [0.25, 0.3) is 0 Å². The third kappa shape index (κ3) is 3.51. The van der Waals surface area contributed by atoms with Crippen molar-refractivity contribution >= 4 is 11.9 Å². The molecule has 1 aromatic rings. The highest BCUT2D eigenvalue weighted by atomic mass is 16.5. The highest BCUT2D eigenvalue weighted by Crippen LogP contribution is 2.57. The van der Waals surface area contributed by atoms with E-state index in [1.165, 1.54) is 6.42 Å². The summed E-state index contributed by atoms with van der Waals surface area (Å²) in [5.74, 6) is -0.0591. The van der Waals surface area contributed by atoms with Crippen LogP contribution >= 0.6 is 0 Å². The zero-order chi connectivity index (χ0) is 20.1. The zero-order valence-corrected chi connectivity index (χ0v) is 17.1. The molecule has 28 heavy (non-hydrogen) atoms.